The molecule has 0 aliphatic heterocycles. The van der Waals surface area contributed by atoms with Gasteiger partial charge in [-0.15, -0.1) is 0 Å². The molecule has 1 aromatic rings. The Balaban J connectivity index is 2.61. The van der Waals surface area contributed by atoms with Crippen molar-refractivity contribution in [1.29, 1.82) is 0 Å². The summed E-state index contributed by atoms with van der Waals surface area (Å²) in [6.07, 6.45) is 2.98. The molecule has 110 valence electrons. The van der Waals surface area contributed by atoms with E-state index in [0.29, 0.717) is 13.0 Å². The van der Waals surface area contributed by atoms with Crippen molar-refractivity contribution in [2.24, 2.45) is 0 Å². The Hall–Kier alpha value is -1.91. The van der Waals surface area contributed by atoms with Crippen LogP contribution in [0.3, 0.4) is 0 Å². The summed E-state index contributed by atoms with van der Waals surface area (Å²) in [5, 5.41) is 10.6. The number of hydrogen-bond acceptors (Lipinski definition) is 4. The summed E-state index contributed by atoms with van der Waals surface area (Å²) in [7, 11) is 0. The second kappa shape index (κ2) is 8.30. The SMILES string of the molecule is CCCCOC(=O)CC(CC)c1ccc([N+](=O)[O-])cc1. The van der Waals surface area contributed by atoms with Crippen LogP contribution in [0.5, 0.6) is 0 Å². The normalized spacial score (nSPS) is 11.9. The molecule has 0 radical (unpaired) electrons. The van der Waals surface area contributed by atoms with Gasteiger partial charge in [-0.25, -0.2) is 0 Å². The van der Waals surface area contributed by atoms with Gasteiger partial charge in [0.05, 0.1) is 18.0 Å². The zero-order valence-electron chi connectivity index (χ0n) is 12.0. The molecule has 0 aliphatic carbocycles. The van der Waals surface area contributed by atoms with E-state index in [9.17, 15) is 14.9 Å². The van der Waals surface area contributed by atoms with Crippen LogP contribution in [0, 0.1) is 10.1 Å². The van der Waals surface area contributed by atoms with Crippen molar-refractivity contribution in [1.82, 2.24) is 0 Å². The highest BCUT2D eigenvalue weighted by atomic mass is 16.6. The zero-order chi connectivity index (χ0) is 15.0. The minimum absolute atomic E-state index is 0.0462. The molecule has 0 spiro atoms. The molecule has 1 atom stereocenters. The van der Waals surface area contributed by atoms with E-state index in [0.717, 1.165) is 24.8 Å². The topological polar surface area (TPSA) is 69.4 Å². The Labute approximate surface area is 119 Å². The predicted molar refractivity (Wildman–Crippen MR) is 76.6 cm³/mol. The van der Waals surface area contributed by atoms with Crippen molar-refractivity contribution in [2.75, 3.05) is 6.61 Å². The number of benzene rings is 1. The first-order valence-corrected chi connectivity index (χ1v) is 6.98. The molecule has 0 aliphatic rings. The molecule has 0 bridgehead atoms. The number of rotatable bonds is 8. The quantitative estimate of drug-likeness (QED) is 0.314. The Morgan fingerprint density at radius 1 is 1.30 bits per heavy atom. The fourth-order valence-electron chi connectivity index (χ4n) is 1.96. The van der Waals surface area contributed by atoms with Gasteiger partial charge in [-0.05, 0) is 24.3 Å². The first-order valence-electron chi connectivity index (χ1n) is 6.98. The molecule has 1 aromatic carbocycles. The fraction of sp³-hybridized carbons (Fsp3) is 0.533. The minimum atomic E-state index is -0.427. The fourth-order valence-corrected chi connectivity index (χ4v) is 1.96. The van der Waals surface area contributed by atoms with E-state index < -0.39 is 4.92 Å². The molecule has 20 heavy (non-hydrogen) atoms. The van der Waals surface area contributed by atoms with Gasteiger partial charge in [0.2, 0.25) is 0 Å². The third-order valence-electron chi connectivity index (χ3n) is 3.24. The van der Waals surface area contributed by atoms with Crippen LogP contribution in [-0.2, 0) is 9.53 Å². The number of carbonyl (C=O) groups excluding carboxylic acids is 1. The number of esters is 1. The standard InChI is InChI=1S/C15H21NO4/c1-3-5-10-20-15(17)11-12(4-2)13-6-8-14(9-7-13)16(18)19/h6-9,12H,3-5,10-11H2,1-2H3. The molecule has 5 heteroatoms. The summed E-state index contributed by atoms with van der Waals surface area (Å²) in [6.45, 7) is 4.50. The van der Waals surface area contributed by atoms with E-state index >= 15 is 0 Å². The number of nitro groups is 1. The first-order chi connectivity index (χ1) is 9.58. The number of nitro benzene ring substituents is 1. The smallest absolute Gasteiger partial charge is 0.306 e. The van der Waals surface area contributed by atoms with Gasteiger partial charge in [0.15, 0.2) is 0 Å². The van der Waals surface area contributed by atoms with Crippen LogP contribution in [0.25, 0.3) is 0 Å². The maximum atomic E-state index is 11.7. The molecule has 0 saturated heterocycles. The Morgan fingerprint density at radius 2 is 1.95 bits per heavy atom. The van der Waals surface area contributed by atoms with E-state index in [1.807, 2.05) is 13.8 Å². The number of hydrogen-bond donors (Lipinski definition) is 0. The van der Waals surface area contributed by atoms with Gasteiger partial charge in [0, 0.05) is 12.1 Å². The van der Waals surface area contributed by atoms with Crippen LogP contribution in [0.1, 0.15) is 51.0 Å². The maximum absolute atomic E-state index is 11.7. The highest BCUT2D eigenvalue weighted by Crippen LogP contribution is 2.25. The highest BCUT2D eigenvalue weighted by molar-refractivity contribution is 5.70. The average Bonchev–Trinajstić information content (AvgIpc) is 2.45. The van der Waals surface area contributed by atoms with Gasteiger partial charge in [-0.3, -0.25) is 14.9 Å². The molecule has 1 rings (SSSR count). The zero-order valence-corrected chi connectivity index (χ0v) is 12.0. The largest absolute Gasteiger partial charge is 0.466 e. The molecule has 0 aromatic heterocycles. The molecule has 0 saturated carbocycles. The summed E-state index contributed by atoms with van der Waals surface area (Å²) >= 11 is 0. The lowest BCUT2D eigenvalue weighted by Gasteiger charge is -2.14. The third kappa shape index (κ3) is 4.99. The van der Waals surface area contributed by atoms with Crippen molar-refractivity contribution in [3.63, 3.8) is 0 Å². The van der Waals surface area contributed by atoms with Crippen LogP contribution < -0.4 is 0 Å². The van der Waals surface area contributed by atoms with Crippen molar-refractivity contribution in [3.05, 3.63) is 39.9 Å². The molecule has 0 heterocycles. The van der Waals surface area contributed by atoms with E-state index in [2.05, 4.69) is 0 Å². The lowest BCUT2D eigenvalue weighted by atomic mass is 9.93. The molecular formula is C15H21NO4. The number of non-ortho nitro benzene ring substituents is 1. The van der Waals surface area contributed by atoms with Crippen LogP contribution in [-0.4, -0.2) is 17.5 Å². The average molecular weight is 279 g/mol. The van der Waals surface area contributed by atoms with Crippen molar-refractivity contribution >= 4 is 11.7 Å². The molecular weight excluding hydrogens is 258 g/mol. The number of ether oxygens (including phenoxy) is 1. The highest BCUT2D eigenvalue weighted by Gasteiger charge is 2.16. The van der Waals surface area contributed by atoms with E-state index in [1.165, 1.54) is 12.1 Å². The molecule has 0 fully saturated rings. The van der Waals surface area contributed by atoms with Crippen molar-refractivity contribution < 1.29 is 14.5 Å². The molecule has 0 N–H and O–H groups in total. The van der Waals surface area contributed by atoms with Crippen LogP contribution in [0.15, 0.2) is 24.3 Å². The predicted octanol–water partition coefficient (Wildman–Crippen LogP) is 3.82. The summed E-state index contributed by atoms with van der Waals surface area (Å²) in [4.78, 5) is 21.9. The summed E-state index contributed by atoms with van der Waals surface area (Å²) < 4.78 is 5.15. The van der Waals surface area contributed by atoms with Crippen molar-refractivity contribution in [3.8, 4) is 0 Å². The number of nitrogens with zero attached hydrogens (tertiary/aromatic N) is 1. The van der Waals surface area contributed by atoms with Gasteiger partial charge in [0.1, 0.15) is 0 Å². The summed E-state index contributed by atoms with van der Waals surface area (Å²) in [5.41, 5.74) is 1.000. The lowest BCUT2D eigenvalue weighted by Crippen LogP contribution is -2.11. The molecule has 1 unspecified atom stereocenters. The van der Waals surface area contributed by atoms with Gasteiger partial charge in [-0.1, -0.05) is 32.4 Å². The third-order valence-corrected chi connectivity index (χ3v) is 3.24. The maximum Gasteiger partial charge on any atom is 0.306 e. The lowest BCUT2D eigenvalue weighted by molar-refractivity contribution is -0.384. The van der Waals surface area contributed by atoms with Gasteiger partial charge < -0.3 is 4.74 Å². The van der Waals surface area contributed by atoms with Gasteiger partial charge >= 0.3 is 5.97 Å². The van der Waals surface area contributed by atoms with E-state index in [1.54, 1.807) is 12.1 Å². The summed E-state index contributed by atoms with van der Waals surface area (Å²) in [5.74, 6) is -0.159. The van der Waals surface area contributed by atoms with Gasteiger partial charge in [0.25, 0.3) is 5.69 Å². The number of carbonyl (C=O) groups is 1. The van der Waals surface area contributed by atoms with Crippen molar-refractivity contribution in [2.45, 2.75) is 45.4 Å². The Kier molecular flexibility index (Phi) is 6.70. The molecule has 0 amide bonds. The van der Waals surface area contributed by atoms with Crippen LogP contribution in [0.2, 0.25) is 0 Å². The van der Waals surface area contributed by atoms with Gasteiger partial charge in [-0.2, -0.15) is 0 Å². The minimum Gasteiger partial charge on any atom is -0.466 e. The molecule has 5 nitrogen and oxygen atoms in total. The van der Waals surface area contributed by atoms with E-state index in [-0.39, 0.29) is 17.6 Å². The second-order valence-corrected chi connectivity index (χ2v) is 4.73. The number of unbranched alkanes of at least 4 members (excludes halogenated alkanes) is 1. The second-order valence-electron chi connectivity index (χ2n) is 4.73. The van der Waals surface area contributed by atoms with E-state index in [4.69, 9.17) is 4.74 Å². The Morgan fingerprint density at radius 3 is 2.45 bits per heavy atom. The van der Waals surface area contributed by atoms with Crippen LogP contribution in [0.4, 0.5) is 5.69 Å². The summed E-state index contributed by atoms with van der Waals surface area (Å²) in [6, 6.07) is 6.37. The van der Waals surface area contributed by atoms with Crippen LogP contribution >= 0.6 is 0 Å². The Bertz CT molecular complexity index is 442. The first kappa shape index (κ1) is 16.1. The monoisotopic (exact) mass is 279 g/mol.